The number of hydrogen-bond acceptors (Lipinski definition) is 4. The van der Waals surface area contributed by atoms with Gasteiger partial charge in [0.2, 0.25) is 34.8 Å². The van der Waals surface area contributed by atoms with Crippen molar-refractivity contribution in [2.45, 2.75) is 6.54 Å². The van der Waals surface area contributed by atoms with Gasteiger partial charge in [-0.05, 0) is 0 Å². The summed E-state index contributed by atoms with van der Waals surface area (Å²) in [6, 6.07) is 8.77. The first kappa shape index (κ1) is 17.5. The Morgan fingerprint density at radius 1 is 0.923 bits per heavy atom. The lowest BCUT2D eigenvalue weighted by Crippen LogP contribution is -2.19. The average molecular weight is 369 g/mol. The number of ether oxygens (including phenoxy) is 1. The van der Waals surface area contributed by atoms with Crippen LogP contribution < -0.4 is 4.74 Å². The molecule has 10 heteroatoms. The summed E-state index contributed by atoms with van der Waals surface area (Å²) in [4.78, 5) is 11.8. The minimum atomic E-state index is -2.34. The Balaban J connectivity index is 1.78. The maximum atomic E-state index is 13.5. The van der Waals surface area contributed by atoms with Crippen LogP contribution in [-0.2, 0) is 11.3 Å². The van der Waals surface area contributed by atoms with Gasteiger partial charge in [-0.15, -0.1) is 5.10 Å². The highest BCUT2D eigenvalue weighted by molar-refractivity contribution is 5.72. The van der Waals surface area contributed by atoms with E-state index in [1.54, 1.807) is 30.3 Å². The number of nitrogens with zero attached hydrogens (tertiary/aromatic N) is 3. The number of carbonyl (C=O) groups is 1. The van der Waals surface area contributed by atoms with Gasteiger partial charge in [0, 0.05) is 5.56 Å². The van der Waals surface area contributed by atoms with E-state index in [2.05, 4.69) is 15.0 Å². The van der Waals surface area contributed by atoms with Crippen molar-refractivity contribution in [3.05, 3.63) is 65.6 Å². The molecular weight excluding hydrogens is 361 g/mol. The molecule has 0 spiro atoms. The zero-order valence-electron chi connectivity index (χ0n) is 12.7. The van der Waals surface area contributed by atoms with Gasteiger partial charge in [0.25, 0.3) is 0 Å². The lowest BCUT2D eigenvalue weighted by molar-refractivity contribution is -0.135. The highest BCUT2D eigenvalue weighted by Gasteiger charge is 2.28. The van der Waals surface area contributed by atoms with E-state index in [0.717, 1.165) is 4.68 Å². The molecule has 0 aliphatic heterocycles. The van der Waals surface area contributed by atoms with Gasteiger partial charge in [0.1, 0.15) is 12.2 Å². The van der Waals surface area contributed by atoms with Gasteiger partial charge >= 0.3 is 5.97 Å². The van der Waals surface area contributed by atoms with E-state index in [-0.39, 0.29) is 0 Å². The SMILES string of the molecule is O=C(Cn1cc(-c2ccccc2)nn1)Oc1c(F)c(F)c(F)c(F)c1F. The van der Waals surface area contributed by atoms with Gasteiger partial charge in [-0.2, -0.15) is 8.78 Å². The van der Waals surface area contributed by atoms with E-state index >= 15 is 0 Å². The van der Waals surface area contributed by atoms with Gasteiger partial charge < -0.3 is 4.74 Å². The van der Waals surface area contributed by atoms with Crippen molar-refractivity contribution in [1.29, 1.82) is 0 Å². The smallest absolute Gasteiger partial charge is 0.333 e. The predicted octanol–water partition coefficient (Wildman–Crippen LogP) is 3.25. The molecule has 2 aromatic carbocycles. The van der Waals surface area contributed by atoms with Gasteiger partial charge in [-0.3, -0.25) is 0 Å². The van der Waals surface area contributed by atoms with Gasteiger partial charge in [0.05, 0.1) is 6.20 Å². The lowest BCUT2D eigenvalue weighted by Gasteiger charge is -2.08. The quantitative estimate of drug-likeness (QED) is 0.233. The molecular formula is C16H8F5N3O2. The first-order valence-electron chi connectivity index (χ1n) is 7.06. The fraction of sp³-hybridized carbons (Fsp3) is 0.0625. The van der Waals surface area contributed by atoms with E-state index in [1.807, 2.05) is 0 Å². The molecule has 0 aliphatic rings. The van der Waals surface area contributed by atoms with Crippen molar-refractivity contribution in [3.63, 3.8) is 0 Å². The van der Waals surface area contributed by atoms with Crippen molar-refractivity contribution >= 4 is 5.97 Å². The van der Waals surface area contributed by atoms with Crippen molar-refractivity contribution < 1.29 is 31.5 Å². The molecule has 3 rings (SSSR count). The zero-order valence-corrected chi connectivity index (χ0v) is 12.7. The highest BCUT2D eigenvalue weighted by atomic mass is 19.2. The first-order chi connectivity index (χ1) is 12.4. The molecule has 5 nitrogen and oxygen atoms in total. The van der Waals surface area contributed by atoms with Gasteiger partial charge in [-0.1, -0.05) is 35.5 Å². The molecule has 0 radical (unpaired) electrons. The van der Waals surface area contributed by atoms with E-state index < -0.39 is 47.3 Å². The third-order valence-corrected chi connectivity index (χ3v) is 3.28. The molecule has 1 aromatic heterocycles. The van der Waals surface area contributed by atoms with E-state index in [1.165, 1.54) is 6.20 Å². The Hall–Kier alpha value is -3.30. The third kappa shape index (κ3) is 3.25. The summed E-state index contributed by atoms with van der Waals surface area (Å²) < 4.78 is 71.4. The monoisotopic (exact) mass is 369 g/mol. The van der Waals surface area contributed by atoms with Crippen LogP contribution >= 0.6 is 0 Å². The molecule has 0 bridgehead atoms. The van der Waals surface area contributed by atoms with Crippen LogP contribution in [0.15, 0.2) is 36.5 Å². The molecule has 0 N–H and O–H groups in total. The highest BCUT2D eigenvalue weighted by Crippen LogP contribution is 2.29. The van der Waals surface area contributed by atoms with Crippen LogP contribution in [-0.4, -0.2) is 21.0 Å². The average Bonchev–Trinajstić information content (AvgIpc) is 3.11. The molecule has 0 unspecified atom stereocenters. The Bertz CT molecular complexity index is 947. The molecule has 0 amide bonds. The number of aromatic nitrogens is 3. The number of rotatable bonds is 4. The summed E-state index contributed by atoms with van der Waals surface area (Å²) in [5.74, 6) is -14.2. The molecule has 3 aromatic rings. The summed E-state index contributed by atoms with van der Waals surface area (Å²) in [5, 5.41) is 7.45. The molecule has 0 atom stereocenters. The van der Waals surface area contributed by atoms with Crippen LogP contribution in [0.25, 0.3) is 11.3 Å². The van der Waals surface area contributed by atoms with Crippen molar-refractivity contribution in [2.75, 3.05) is 0 Å². The van der Waals surface area contributed by atoms with E-state index in [0.29, 0.717) is 11.3 Å². The molecule has 0 saturated carbocycles. The molecule has 134 valence electrons. The van der Waals surface area contributed by atoms with Crippen LogP contribution in [0, 0.1) is 29.1 Å². The molecule has 0 saturated heterocycles. The van der Waals surface area contributed by atoms with Crippen molar-refractivity contribution in [2.24, 2.45) is 0 Å². The molecule has 0 aliphatic carbocycles. The second-order valence-electron chi connectivity index (χ2n) is 5.04. The first-order valence-corrected chi connectivity index (χ1v) is 7.06. The van der Waals surface area contributed by atoms with Crippen LogP contribution in [0.1, 0.15) is 0 Å². The maximum Gasteiger partial charge on any atom is 0.333 e. The minimum Gasteiger partial charge on any atom is -0.419 e. The Kier molecular flexibility index (Phi) is 4.65. The number of esters is 1. The second-order valence-corrected chi connectivity index (χ2v) is 5.04. The zero-order chi connectivity index (χ0) is 18.8. The Labute approximate surface area is 142 Å². The summed E-state index contributed by atoms with van der Waals surface area (Å²) in [6.07, 6.45) is 1.36. The van der Waals surface area contributed by atoms with Gasteiger partial charge in [-0.25, -0.2) is 22.6 Å². The standard InChI is InChI=1S/C16H8F5N3O2/c17-11-12(18)14(20)16(15(21)13(11)19)26-10(25)7-24-6-9(22-23-24)8-4-2-1-3-5-8/h1-6H,7H2. The van der Waals surface area contributed by atoms with E-state index in [9.17, 15) is 26.7 Å². The van der Waals surface area contributed by atoms with Crippen LogP contribution in [0.2, 0.25) is 0 Å². The van der Waals surface area contributed by atoms with Crippen molar-refractivity contribution in [1.82, 2.24) is 15.0 Å². The van der Waals surface area contributed by atoms with Crippen LogP contribution in [0.4, 0.5) is 22.0 Å². The Morgan fingerprint density at radius 3 is 2.12 bits per heavy atom. The number of carbonyl (C=O) groups excluding carboxylic acids is 1. The maximum absolute atomic E-state index is 13.5. The lowest BCUT2D eigenvalue weighted by atomic mass is 10.2. The number of benzene rings is 2. The van der Waals surface area contributed by atoms with Crippen LogP contribution in [0.3, 0.4) is 0 Å². The number of halogens is 5. The normalized spacial score (nSPS) is 10.8. The largest absolute Gasteiger partial charge is 0.419 e. The minimum absolute atomic E-state index is 0.412. The molecule has 0 fully saturated rings. The van der Waals surface area contributed by atoms with Gasteiger partial charge in [0.15, 0.2) is 0 Å². The fourth-order valence-electron chi connectivity index (χ4n) is 2.07. The van der Waals surface area contributed by atoms with Crippen LogP contribution in [0.5, 0.6) is 5.75 Å². The summed E-state index contributed by atoms with van der Waals surface area (Å²) in [7, 11) is 0. The second kappa shape index (κ2) is 6.90. The van der Waals surface area contributed by atoms with Crippen molar-refractivity contribution in [3.8, 4) is 17.0 Å². The third-order valence-electron chi connectivity index (χ3n) is 3.28. The van der Waals surface area contributed by atoms with E-state index in [4.69, 9.17) is 0 Å². The number of hydrogen-bond donors (Lipinski definition) is 0. The summed E-state index contributed by atoms with van der Waals surface area (Å²) >= 11 is 0. The molecule has 1 heterocycles. The summed E-state index contributed by atoms with van der Waals surface area (Å²) in [5.41, 5.74) is 1.11. The summed E-state index contributed by atoms with van der Waals surface area (Å²) in [6.45, 7) is -0.653. The molecule has 26 heavy (non-hydrogen) atoms. The topological polar surface area (TPSA) is 57.0 Å². The Morgan fingerprint density at radius 2 is 1.50 bits per heavy atom. The predicted molar refractivity (Wildman–Crippen MR) is 77.3 cm³/mol. The fourth-order valence-corrected chi connectivity index (χ4v) is 2.07.